The Balaban J connectivity index is 1.90. The largest absolute Gasteiger partial charge is 0.374 e. The number of hydrogen-bond acceptors (Lipinski definition) is 2. The van der Waals surface area contributed by atoms with E-state index in [9.17, 15) is 0 Å². The Hall–Kier alpha value is -0.540. The van der Waals surface area contributed by atoms with Gasteiger partial charge in [-0.05, 0) is 62.9 Å². The fraction of sp³-hybridized carbons (Fsp3) is 0.600. The first-order valence-electron chi connectivity index (χ1n) is 6.85. The SMILES string of the molecule is Cc1ccc(Br)cc1N(C)CCC1CCCNC1. The van der Waals surface area contributed by atoms with E-state index in [2.05, 4.69) is 58.3 Å². The Bertz CT molecular complexity index is 386. The van der Waals surface area contributed by atoms with Crippen molar-refractivity contribution < 1.29 is 0 Å². The van der Waals surface area contributed by atoms with E-state index in [0.717, 1.165) is 16.9 Å². The zero-order chi connectivity index (χ0) is 13.0. The summed E-state index contributed by atoms with van der Waals surface area (Å²) in [6, 6.07) is 6.50. The lowest BCUT2D eigenvalue weighted by Gasteiger charge is -2.27. The normalized spacial score (nSPS) is 19.8. The van der Waals surface area contributed by atoms with Gasteiger partial charge in [-0.3, -0.25) is 0 Å². The van der Waals surface area contributed by atoms with E-state index in [0.29, 0.717) is 0 Å². The van der Waals surface area contributed by atoms with Gasteiger partial charge in [0.1, 0.15) is 0 Å². The topological polar surface area (TPSA) is 15.3 Å². The van der Waals surface area contributed by atoms with Gasteiger partial charge in [-0.25, -0.2) is 0 Å². The van der Waals surface area contributed by atoms with Crippen LogP contribution < -0.4 is 10.2 Å². The molecule has 100 valence electrons. The first-order valence-corrected chi connectivity index (χ1v) is 7.64. The Morgan fingerprint density at radius 2 is 2.28 bits per heavy atom. The third-order valence-electron chi connectivity index (χ3n) is 3.85. The number of nitrogens with one attached hydrogen (secondary N) is 1. The number of anilines is 1. The van der Waals surface area contributed by atoms with Crippen molar-refractivity contribution in [2.75, 3.05) is 31.6 Å². The molecule has 1 heterocycles. The maximum Gasteiger partial charge on any atom is 0.0404 e. The van der Waals surface area contributed by atoms with Gasteiger partial charge in [0.25, 0.3) is 0 Å². The molecule has 1 saturated heterocycles. The van der Waals surface area contributed by atoms with Crippen LogP contribution in [0.2, 0.25) is 0 Å². The lowest BCUT2D eigenvalue weighted by atomic mass is 9.96. The van der Waals surface area contributed by atoms with Gasteiger partial charge in [0.05, 0.1) is 0 Å². The first-order chi connectivity index (χ1) is 8.66. The van der Waals surface area contributed by atoms with Gasteiger partial charge < -0.3 is 10.2 Å². The van der Waals surface area contributed by atoms with Crippen molar-refractivity contribution >= 4 is 21.6 Å². The minimum absolute atomic E-state index is 0.855. The van der Waals surface area contributed by atoms with Crippen LogP contribution in [0.1, 0.15) is 24.8 Å². The molecular formula is C15H23BrN2. The highest BCUT2D eigenvalue weighted by Crippen LogP contribution is 2.24. The molecule has 2 nitrogen and oxygen atoms in total. The maximum absolute atomic E-state index is 3.56. The molecule has 1 atom stereocenters. The minimum Gasteiger partial charge on any atom is -0.374 e. The quantitative estimate of drug-likeness (QED) is 0.914. The van der Waals surface area contributed by atoms with Crippen molar-refractivity contribution in [1.29, 1.82) is 0 Å². The number of rotatable bonds is 4. The van der Waals surface area contributed by atoms with E-state index in [-0.39, 0.29) is 0 Å². The van der Waals surface area contributed by atoms with Gasteiger partial charge in [-0.15, -0.1) is 0 Å². The minimum atomic E-state index is 0.855. The standard InChI is InChI=1S/C15H23BrN2/c1-12-5-6-14(16)10-15(12)18(2)9-7-13-4-3-8-17-11-13/h5-6,10,13,17H,3-4,7-9,11H2,1-2H3. The second-order valence-corrected chi connectivity index (χ2v) is 6.27. The van der Waals surface area contributed by atoms with Crippen LogP contribution in [0.4, 0.5) is 5.69 Å². The van der Waals surface area contributed by atoms with Gasteiger partial charge >= 0.3 is 0 Å². The zero-order valence-electron chi connectivity index (χ0n) is 11.4. The highest BCUT2D eigenvalue weighted by atomic mass is 79.9. The van der Waals surface area contributed by atoms with Crippen LogP contribution in [-0.2, 0) is 0 Å². The van der Waals surface area contributed by atoms with E-state index in [1.54, 1.807) is 0 Å². The summed E-state index contributed by atoms with van der Waals surface area (Å²) < 4.78 is 1.16. The van der Waals surface area contributed by atoms with Gasteiger partial charge in [-0.2, -0.15) is 0 Å². The molecule has 2 rings (SSSR count). The van der Waals surface area contributed by atoms with Crippen LogP contribution in [0.15, 0.2) is 22.7 Å². The smallest absolute Gasteiger partial charge is 0.0404 e. The van der Waals surface area contributed by atoms with E-state index >= 15 is 0 Å². The summed E-state index contributed by atoms with van der Waals surface area (Å²) in [5.74, 6) is 0.855. The van der Waals surface area contributed by atoms with Crippen molar-refractivity contribution in [2.45, 2.75) is 26.2 Å². The van der Waals surface area contributed by atoms with Crippen LogP contribution in [-0.4, -0.2) is 26.7 Å². The molecule has 1 fully saturated rings. The molecule has 1 N–H and O–H groups in total. The average Bonchev–Trinajstić information content (AvgIpc) is 2.40. The van der Waals surface area contributed by atoms with Crippen molar-refractivity contribution in [3.05, 3.63) is 28.2 Å². The fourth-order valence-electron chi connectivity index (χ4n) is 2.66. The molecule has 1 aliphatic rings. The summed E-state index contributed by atoms with van der Waals surface area (Å²) >= 11 is 3.56. The number of nitrogens with zero attached hydrogens (tertiary/aromatic N) is 1. The highest BCUT2D eigenvalue weighted by molar-refractivity contribution is 9.10. The van der Waals surface area contributed by atoms with Crippen LogP contribution in [0.3, 0.4) is 0 Å². The average molecular weight is 311 g/mol. The molecule has 0 bridgehead atoms. The predicted molar refractivity (Wildman–Crippen MR) is 82.4 cm³/mol. The monoisotopic (exact) mass is 310 g/mol. The van der Waals surface area contributed by atoms with Gasteiger partial charge in [0, 0.05) is 23.8 Å². The lowest BCUT2D eigenvalue weighted by Crippen LogP contribution is -2.32. The zero-order valence-corrected chi connectivity index (χ0v) is 13.0. The van der Waals surface area contributed by atoms with Gasteiger partial charge in [0.2, 0.25) is 0 Å². The summed E-state index contributed by atoms with van der Waals surface area (Å²) in [5.41, 5.74) is 2.69. The molecule has 1 aliphatic heterocycles. The Morgan fingerprint density at radius 1 is 1.44 bits per heavy atom. The number of aryl methyl sites for hydroxylation is 1. The van der Waals surface area contributed by atoms with Crippen molar-refractivity contribution in [3.8, 4) is 0 Å². The van der Waals surface area contributed by atoms with Crippen LogP contribution in [0.5, 0.6) is 0 Å². The van der Waals surface area contributed by atoms with Crippen LogP contribution in [0, 0.1) is 12.8 Å². The second kappa shape index (κ2) is 6.58. The van der Waals surface area contributed by atoms with Crippen molar-refractivity contribution in [3.63, 3.8) is 0 Å². The third kappa shape index (κ3) is 3.72. The van der Waals surface area contributed by atoms with E-state index in [1.165, 1.54) is 43.6 Å². The predicted octanol–water partition coefficient (Wildman–Crippen LogP) is 3.58. The molecule has 0 spiro atoms. The Morgan fingerprint density at radius 3 is 3.00 bits per heavy atom. The highest BCUT2D eigenvalue weighted by Gasteiger charge is 2.14. The molecule has 0 radical (unpaired) electrons. The molecule has 0 amide bonds. The van der Waals surface area contributed by atoms with Crippen LogP contribution in [0.25, 0.3) is 0 Å². The molecule has 1 aromatic carbocycles. The third-order valence-corrected chi connectivity index (χ3v) is 4.35. The number of hydrogen-bond donors (Lipinski definition) is 1. The van der Waals surface area contributed by atoms with Gasteiger partial charge in [-0.1, -0.05) is 22.0 Å². The van der Waals surface area contributed by atoms with Crippen molar-refractivity contribution in [1.82, 2.24) is 5.32 Å². The van der Waals surface area contributed by atoms with Gasteiger partial charge in [0.15, 0.2) is 0 Å². The number of benzene rings is 1. The van der Waals surface area contributed by atoms with E-state index < -0.39 is 0 Å². The van der Waals surface area contributed by atoms with Crippen LogP contribution >= 0.6 is 15.9 Å². The number of halogens is 1. The molecule has 1 aromatic rings. The summed E-state index contributed by atoms with van der Waals surface area (Å²) in [7, 11) is 2.20. The molecule has 1 unspecified atom stereocenters. The molecule has 0 saturated carbocycles. The lowest BCUT2D eigenvalue weighted by molar-refractivity contribution is 0.360. The summed E-state index contributed by atoms with van der Waals surface area (Å²) in [4.78, 5) is 2.38. The Labute approximate surface area is 119 Å². The summed E-state index contributed by atoms with van der Waals surface area (Å²) in [6.45, 7) is 5.73. The molecular weight excluding hydrogens is 288 g/mol. The fourth-order valence-corrected chi connectivity index (χ4v) is 3.01. The second-order valence-electron chi connectivity index (χ2n) is 5.35. The molecule has 3 heteroatoms. The van der Waals surface area contributed by atoms with E-state index in [1.807, 2.05) is 0 Å². The molecule has 0 aliphatic carbocycles. The summed E-state index contributed by atoms with van der Waals surface area (Å²) in [6.07, 6.45) is 4.01. The van der Waals surface area contributed by atoms with Crippen molar-refractivity contribution in [2.24, 2.45) is 5.92 Å². The Kier molecular flexibility index (Phi) is 5.07. The van der Waals surface area contributed by atoms with E-state index in [4.69, 9.17) is 0 Å². The summed E-state index contributed by atoms with van der Waals surface area (Å²) in [5, 5.41) is 3.49. The first kappa shape index (κ1) is 13.9. The molecule has 18 heavy (non-hydrogen) atoms. The molecule has 0 aromatic heterocycles. The maximum atomic E-state index is 3.56. The number of piperidine rings is 1.